The maximum absolute atomic E-state index is 12.8. The van der Waals surface area contributed by atoms with E-state index in [9.17, 15) is 9.59 Å². The van der Waals surface area contributed by atoms with Gasteiger partial charge in [0.25, 0.3) is 5.56 Å². The lowest BCUT2D eigenvalue weighted by atomic mass is 10.1. The molecule has 1 aromatic heterocycles. The Bertz CT molecular complexity index is 1070. The van der Waals surface area contributed by atoms with Crippen LogP contribution in [0, 0.1) is 25.2 Å². The Balaban J connectivity index is 2.46. The van der Waals surface area contributed by atoms with Crippen LogP contribution < -0.4 is 11.2 Å². The average molecular weight is 305 g/mol. The fourth-order valence-corrected chi connectivity index (χ4v) is 2.64. The third kappa shape index (κ3) is 2.34. The molecule has 0 aliphatic rings. The molecule has 0 aliphatic carbocycles. The molecule has 5 heteroatoms. The number of rotatable bonds is 2. The molecular weight excluding hydrogens is 290 g/mol. The molecule has 5 nitrogen and oxygen atoms in total. The normalized spacial score (nSPS) is 10.7. The van der Waals surface area contributed by atoms with Crippen molar-refractivity contribution in [1.82, 2.24) is 9.13 Å². The molecule has 0 N–H and O–H groups in total. The second-order valence-electron chi connectivity index (χ2n) is 5.45. The fraction of sp³-hybridized carbons (Fsp3) is 0.167. The van der Waals surface area contributed by atoms with E-state index in [1.807, 2.05) is 32.0 Å². The first-order valence-electron chi connectivity index (χ1n) is 7.24. The molecule has 0 atom stereocenters. The molecule has 0 radical (unpaired) electrons. The number of benzene rings is 2. The van der Waals surface area contributed by atoms with Gasteiger partial charge in [0, 0.05) is 0 Å². The third-order valence-corrected chi connectivity index (χ3v) is 4.03. The second-order valence-corrected chi connectivity index (χ2v) is 5.45. The van der Waals surface area contributed by atoms with Crippen molar-refractivity contribution < 1.29 is 0 Å². The number of para-hydroxylation sites is 1. The van der Waals surface area contributed by atoms with Crippen molar-refractivity contribution >= 4 is 10.9 Å². The Morgan fingerprint density at radius 2 is 1.78 bits per heavy atom. The molecule has 0 aliphatic heterocycles. The number of nitrogens with zero attached hydrogens (tertiary/aromatic N) is 3. The number of aryl methyl sites for hydroxylation is 2. The van der Waals surface area contributed by atoms with Crippen molar-refractivity contribution in [2.75, 3.05) is 0 Å². The number of hydrogen-bond donors (Lipinski definition) is 0. The summed E-state index contributed by atoms with van der Waals surface area (Å²) in [6.07, 6.45) is 0. The Hall–Kier alpha value is -3.13. The highest BCUT2D eigenvalue weighted by Gasteiger charge is 2.14. The molecule has 0 spiro atoms. The van der Waals surface area contributed by atoms with Gasteiger partial charge in [0.05, 0.1) is 22.7 Å². The smallest absolute Gasteiger partial charge is 0.279 e. The van der Waals surface area contributed by atoms with Gasteiger partial charge in [0.2, 0.25) is 0 Å². The summed E-state index contributed by atoms with van der Waals surface area (Å²) in [7, 11) is 0. The van der Waals surface area contributed by atoms with Crippen LogP contribution in [-0.2, 0) is 6.54 Å². The van der Waals surface area contributed by atoms with E-state index in [-0.39, 0.29) is 12.1 Å². The molecule has 2 aromatic carbocycles. The summed E-state index contributed by atoms with van der Waals surface area (Å²) >= 11 is 0. The molecule has 0 bridgehead atoms. The Morgan fingerprint density at radius 3 is 2.48 bits per heavy atom. The summed E-state index contributed by atoms with van der Waals surface area (Å²) in [5, 5.41) is 9.43. The Labute approximate surface area is 132 Å². The van der Waals surface area contributed by atoms with Gasteiger partial charge >= 0.3 is 5.69 Å². The molecular formula is C18H15N3O2. The van der Waals surface area contributed by atoms with E-state index in [0.717, 1.165) is 15.7 Å². The maximum atomic E-state index is 12.8. The molecule has 23 heavy (non-hydrogen) atoms. The number of nitriles is 1. The molecule has 0 amide bonds. The minimum absolute atomic E-state index is 0.107. The largest absolute Gasteiger partial charge is 0.337 e. The third-order valence-electron chi connectivity index (χ3n) is 4.03. The predicted octanol–water partition coefficient (Wildman–Crippen LogP) is 2.29. The highest BCUT2D eigenvalue weighted by Crippen LogP contribution is 2.13. The van der Waals surface area contributed by atoms with Gasteiger partial charge < -0.3 is 0 Å². The molecule has 1 heterocycles. The average Bonchev–Trinajstić information content (AvgIpc) is 2.55. The summed E-state index contributed by atoms with van der Waals surface area (Å²) in [6.45, 7) is 3.79. The molecule has 3 rings (SSSR count). The first-order valence-corrected chi connectivity index (χ1v) is 7.24. The monoisotopic (exact) mass is 305 g/mol. The predicted molar refractivity (Wildman–Crippen MR) is 88.9 cm³/mol. The zero-order chi connectivity index (χ0) is 16.6. The summed E-state index contributed by atoms with van der Waals surface area (Å²) in [4.78, 5) is 25.5. The summed E-state index contributed by atoms with van der Waals surface area (Å²) in [6, 6.07) is 14.3. The van der Waals surface area contributed by atoms with E-state index in [1.165, 1.54) is 4.57 Å². The summed E-state index contributed by atoms with van der Waals surface area (Å²) < 4.78 is 2.46. The van der Waals surface area contributed by atoms with Crippen molar-refractivity contribution in [3.05, 3.63) is 74.4 Å². The van der Waals surface area contributed by atoms with Gasteiger partial charge in [-0.25, -0.2) is 9.36 Å². The SMILES string of the molecule is Cc1ccc(-n2c(=O)c3ccccc3n(CC#N)c2=O)cc1C. The van der Waals surface area contributed by atoms with Crippen LogP contribution >= 0.6 is 0 Å². The van der Waals surface area contributed by atoms with Crippen LogP contribution in [0.3, 0.4) is 0 Å². The summed E-state index contributed by atoms with van der Waals surface area (Å²) in [5.74, 6) is 0. The minimum atomic E-state index is -0.501. The summed E-state index contributed by atoms with van der Waals surface area (Å²) in [5.41, 5.74) is 2.19. The lowest BCUT2D eigenvalue weighted by Gasteiger charge is -2.12. The van der Waals surface area contributed by atoms with Crippen molar-refractivity contribution in [3.8, 4) is 11.8 Å². The van der Waals surface area contributed by atoms with Crippen LogP contribution in [0.4, 0.5) is 0 Å². The van der Waals surface area contributed by atoms with E-state index >= 15 is 0 Å². The van der Waals surface area contributed by atoms with Gasteiger partial charge in [0.15, 0.2) is 0 Å². The zero-order valence-corrected chi connectivity index (χ0v) is 12.9. The van der Waals surface area contributed by atoms with Crippen molar-refractivity contribution in [2.45, 2.75) is 20.4 Å². The highest BCUT2D eigenvalue weighted by atomic mass is 16.2. The van der Waals surface area contributed by atoms with Crippen LogP contribution in [0.5, 0.6) is 0 Å². The van der Waals surface area contributed by atoms with Crippen LogP contribution in [0.2, 0.25) is 0 Å². The first-order chi connectivity index (χ1) is 11.0. The minimum Gasteiger partial charge on any atom is -0.279 e. The number of fused-ring (bicyclic) bond motifs is 1. The maximum Gasteiger partial charge on any atom is 0.337 e. The zero-order valence-electron chi connectivity index (χ0n) is 12.9. The molecule has 0 fully saturated rings. The van der Waals surface area contributed by atoms with Gasteiger partial charge in [-0.1, -0.05) is 18.2 Å². The van der Waals surface area contributed by atoms with Crippen LogP contribution in [-0.4, -0.2) is 9.13 Å². The van der Waals surface area contributed by atoms with E-state index in [4.69, 9.17) is 5.26 Å². The van der Waals surface area contributed by atoms with Gasteiger partial charge in [-0.2, -0.15) is 5.26 Å². The van der Waals surface area contributed by atoms with E-state index in [1.54, 1.807) is 30.3 Å². The lowest BCUT2D eigenvalue weighted by molar-refractivity contribution is 0.732. The first kappa shape index (κ1) is 14.8. The molecule has 0 unspecified atom stereocenters. The van der Waals surface area contributed by atoms with Gasteiger partial charge in [-0.05, 0) is 49.2 Å². The second kappa shape index (κ2) is 5.58. The Kier molecular flexibility index (Phi) is 3.59. The quantitative estimate of drug-likeness (QED) is 0.729. The molecule has 114 valence electrons. The van der Waals surface area contributed by atoms with E-state index in [2.05, 4.69) is 0 Å². The topological polar surface area (TPSA) is 67.8 Å². The van der Waals surface area contributed by atoms with Crippen molar-refractivity contribution in [2.24, 2.45) is 0 Å². The van der Waals surface area contributed by atoms with Crippen LogP contribution in [0.1, 0.15) is 11.1 Å². The molecule has 0 saturated carbocycles. The van der Waals surface area contributed by atoms with E-state index < -0.39 is 5.69 Å². The number of aromatic nitrogens is 2. The number of hydrogen-bond acceptors (Lipinski definition) is 3. The van der Waals surface area contributed by atoms with Crippen molar-refractivity contribution in [1.29, 1.82) is 5.26 Å². The molecule has 3 aromatic rings. The van der Waals surface area contributed by atoms with Crippen molar-refractivity contribution in [3.63, 3.8) is 0 Å². The van der Waals surface area contributed by atoms with Gasteiger partial charge in [0.1, 0.15) is 6.54 Å². The van der Waals surface area contributed by atoms with Gasteiger partial charge in [-0.3, -0.25) is 9.36 Å². The molecule has 0 saturated heterocycles. The highest BCUT2D eigenvalue weighted by molar-refractivity contribution is 5.78. The standard InChI is InChI=1S/C18H15N3O2/c1-12-7-8-14(11-13(12)2)21-17(22)15-5-3-4-6-16(15)20(10-9-19)18(21)23/h3-8,11H,10H2,1-2H3. The van der Waals surface area contributed by atoms with Crippen LogP contribution in [0.15, 0.2) is 52.1 Å². The van der Waals surface area contributed by atoms with E-state index in [0.29, 0.717) is 16.6 Å². The van der Waals surface area contributed by atoms with Crippen LogP contribution in [0.25, 0.3) is 16.6 Å². The van der Waals surface area contributed by atoms with Gasteiger partial charge in [-0.15, -0.1) is 0 Å². The lowest BCUT2D eigenvalue weighted by Crippen LogP contribution is -2.38. The fourth-order valence-electron chi connectivity index (χ4n) is 2.64. The Morgan fingerprint density at radius 1 is 1.04 bits per heavy atom.